The number of alkyl carbamates (subject to hydrolysis) is 1. The van der Waals surface area contributed by atoms with Crippen LogP contribution in [-0.2, 0) is 4.74 Å². The molecule has 176 valence electrons. The Morgan fingerprint density at radius 1 is 1.03 bits per heavy atom. The molecule has 1 amide bonds. The molecule has 2 atom stereocenters. The van der Waals surface area contributed by atoms with E-state index in [9.17, 15) is 19.8 Å². The number of hydrogen-bond donors (Lipinski definition) is 3. The predicted octanol–water partition coefficient (Wildman–Crippen LogP) is 3.83. The molecule has 0 radical (unpaired) electrons. The fraction of sp³-hybridized carbons (Fsp3) is 0.259. The number of ether oxygens (including phenoxy) is 2. The van der Waals surface area contributed by atoms with Crippen LogP contribution in [0.5, 0.6) is 5.75 Å². The molecule has 0 spiro atoms. The van der Waals surface area contributed by atoms with E-state index in [4.69, 9.17) is 9.47 Å². The van der Waals surface area contributed by atoms with Crippen molar-refractivity contribution in [2.45, 2.75) is 25.0 Å². The van der Waals surface area contributed by atoms with E-state index < -0.39 is 18.3 Å². The highest BCUT2D eigenvalue weighted by Crippen LogP contribution is 2.44. The van der Waals surface area contributed by atoms with Gasteiger partial charge in [0, 0.05) is 12.5 Å². The lowest BCUT2D eigenvalue weighted by Gasteiger charge is -2.20. The topological polar surface area (TPSA) is 105 Å². The van der Waals surface area contributed by atoms with E-state index >= 15 is 0 Å². The molecular formula is C27H27NO6. The second-order valence-corrected chi connectivity index (χ2v) is 8.07. The van der Waals surface area contributed by atoms with Crippen molar-refractivity contribution in [2.75, 3.05) is 19.8 Å². The minimum atomic E-state index is -1.30. The standard InChI is InChI=1S/C27H27NO6/c1-2-33-25-12-11-17(13-18(25)15-29)26(31)24(30)14-28-27(32)34-16-23-21-9-5-3-7-19(21)20-8-4-6-10-22(20)23/h3-13,15,23-24,26,30-31H,2,14,16H2,1H3,(H,28,32). The maximum absolute atomic E-state index is 12.3. The van der Waals surface area contributed by atoms with Gasteiger partial charge < -0.3 is 25.0 Å². The monoisotopic (exact) mass is 461 g/mol. The van der Waals surface area contributed by atoms with Crippen molar-refractivity contribution in [1.82, 2.24) is 5.32 Å². The highest BCUT2D eigenvalue weighted by Gasteiger charge is 2.29. The number of rotatable bonds is 9. The van der Waals surface area contributed by atoms with Gasteiger partial charge in [0.1, 0.15) is 24.6 Å². The van der Waals surface area contributed by atoms with Crippen LogP contribution in [0.4, 0.5) is 4.79 Å². The van der Waals surface area contributed by atoms with E-state index in [1.807, 2.05) is 36.4 Å². The number of aliphatic hydroxyl groups is 2. The zero-order chi connectivity index (χ0) is 24.1. The number of aliphatic hydroxyl groups excluding tert-OH is 2. The van der Waals surface area contributed by atoms with Gasteiger partial charge in [0.25, 0.3) is 0 Å². The molecule has 3 aromatic rings. The van der Waals surface area contributed by atoms with Crippen LogP contribution in [0.25, 0.3) is 11.1 Å². The SMILES string of the molecule is CCOc1ccc(C(O)C(O)CNC(=O)OCC2c3ccccc3-c3ccccc32)cc1C=O. The van der Waals surface area contributed by atoms with Crippen LogP contribution in [0, 0.1) is 0 Å². The van der Waals surface area contributed by atoms with Gasteiger partial charge in [0.05, 0.1) is 12.2 Å². The second kappa shape index (κ2) is 10.5. The quantitative estimate of drug-likeness (QED) is 0.419. The fourth-order valence-electron chi connectivity index (χ4n) is 4.30. The molecule has 7 nitrogen and oxygen atoms in total. The number of fused-ring (bicyclic) bond motifs is 3. The Balaban J connectivity index is 1.33. The van der Waals surface area contributed by atoms with Crippen molar-refractivity contribution in [1.29, 1.82) is 0 Å². The van der Waals surface area contributed by atoms with Crippen LogP contribution in [0.2, 0.25) is 0 Å². The number of carbonyl (C=O) groups excluding carboxylic acids is 2. The van der Waals surface area contributed by atoms with Crippen molar-refractivity contribution in [3.63, 3.8) is 0 Å². The van der Waals surface area contributed by atoms with E-state index in [2.05, 4.69) is 17.4 Å². The highest BCUT2D eigenvalue weighted by atomic mass is 16.5. The fourth-order valence-corrected chi connectivity index (χ4v) is 4.30. The summed E-state index contributed by atoms with van der Waals surface area (Å²) in [4.78, 5) is 23.6. The summed E-state index contributed by atoms with van der Waals surface area (Å²) in [5, 5.41) is 23.3. The molecule has 3 aromatic carbocycles. The smallest absolute Gasteiger partial charge is 0.407 e. The minimum Gasteiger partial charge on any atom is -0.493 e. The summed E-state index contributed by atoms with van der Waals surface area (Å²) in [7, 11) is 0. The van der Waals surface area contributed by atoms with Gasteiger partial charge in [0.15, 0.2) is 6.29 Å². The van der Waals surface area contributed by atoms with Gasteiger partial charge in [-0.15, -0.1) is 0 Å². The van der Waals surface area contributed by atoms with Gasteiger partial charge in [-0.05, 0) is 46.9 Å². The lowest BCUT2D eigenvalue weighted by Crippen LogP contribution is -2.36. The third-order valence-electron chi connectivity index (χ3n) is 5.97. The molecule has 1 aliphatic rings. The Morgan fingerprint density at radius 2 is 1.68 bits per heavy atom. The van der Waals surface area contributed by atoms with Gasteiger partial charge in [-0.1, -0.05) is 54.6 Å². The van der Waals surface area contributed by atoms with Gasteiger partial charge >= 0.3 is 6.09 Å². The lowest BCUT2D eigenvalue weighted by molar-refractivity contribution is 0.0185. The summed E-state index contributed by atoms with van der Waals surface area (Å²) < 4.78 is 10.8. The number of carbonyl (C=O) groups is 2. The zero-order valence-corrected chi connectivity index (χ0v) is 18.8. The molecule has 0 heterocycles. The average Bonchev–Trinajstić information content (AvgIpc) is 3.19. The van der Waals surface area contributed by atoms with Crippen molar-refractivity contribution < 1.29 is 29.3 Å². The normalized spacial score (nSPS) is 14.0. The third kappa shape index (κ3) is 4.81. The summed E-state index contributed by atoms with van der Waals surface area (Å²) in [6.45, 7) is 2.13. The maximum atomic E-state index is 12.3. The largest absolute Gasteiger partial charge is 0.493 e. The number of aldehydes is 1. The summed E-state index contributed by atoms with van der Waals surface area (Å²) in [6, 6.07) is 20.7. The number of amides is 1. The summed E-state index contributed by atoms with van der Waals surface area (Å²) in [5.74, 6) is 0.332. The first-order valence-electron chi connectivity index (χ1n) is 11.2. The Kier molecular flexibility index (Phi) is 7.25. The van der Waals surface area contributed by atoms with Crippen LogP contribution >= 0.6 is 0 Å². The highest BCUT2D eigenvalue weighted by molar-refractivity contribution is 5.80. The Bertz CT molecular complexity index is 1130. The van der Waals surface area contributed by atoms with E-state index in [1.54, 1.807) is 19.1 Å². The van der Waals surface area contributed by atoms with Gasteiger partial charge in [-0.3, -0.25) is 4.79 Å². The summed E-state index contributed by atoms with van der Waals surface area (Å²) in [5.41, 5.74) is 5.09. The molecule has 3 N–H and O–H groups in total. The van der Waals surface area contributed by atoms with Gasteiger partial charge in [0.2, 0.25) is 0 Å². The first-order valence-corrected chi connectivity index (χ1v) is 11.2. The Hall–Kier alpha value is -3.68. The van der Waals surface area contributed by atoms with Crippen molar-refractivity contribution >= 4 is 12.4 Å². The van der Waals surface area contributed by atoms with Crippen LogP contribution in [0.1, 0.15) is 46.0 Å². The predicted molar refractivity (Wildman–Crippen MR) is 127 cm³/mol. The molecule has 0 aliphatic heterocycles. The first kappa shape index (κ1) is 23.5. The van der Waals surface area contributed by atoms with Crippen LogP contribution in [-0.4, -0.2) is 48.5 Å². The van der Waals surface area contributed by atoms with Gasteiger partial charge in [-0.2, -0.15) is 0 Å². The second-order valence-electron chi connectivity index (χ2n) is 8.07. The summed E-state index contributed by atoms with van der Waals surface area (Å²) in [6.07, 6.45) is -2.66. The molecule has 2 unspecified atom stereocenters. The van der Waals surface area contributed by atoms with Crippen molar-refractivity contribution in [3.8, 4) is 16.9 Å². The summed E-state index contributed by atoms with van der Waals surface area (Å²) >= 11 is 0. The number of nitrogens with one attached hydrogen (secondary N) is 1. The molecule has 0 saturated carbocycles. The molecule has 0 fully saturated rings. The number of benzene rings is 3. The molecule has 0 bridgehead atoms. The first-order chi connectivity index (χ1) is 16.5. The average molecular weight is 462 g/mol. The molecular weight excluding hydrogens is 434 g/mol. The van der Waals surface area contributed by atoms with E-state index in [0.717, 1.165) is 22.3 Å². The van der Waals surface area contributed by atoms with E-state index in [-0.39, 0.29) is 24.6 Å². The Morgan fingerprint density at radius 3 is 2.29 bits per heavy atom. The van der Waals surface area contributed by atoms with Crippen LogP contribution in [0.3, 0.4) is 0 Å². The zero-order valence-electron chi connectivity index (χ0n) is 18.8. The van der Waals surface area contributed by atoms with Crippen LogP contribution < -0.4 is 10.1 Å². The lowest BCUT2D eigenvalue weighted by atomic mass is 9.98. The minimum absolute atomic E-state index is 0.0701. The molecule has 7 heteroatoms. The van der Waals surface area contributed by atoms with Crippen molar-refractivity contribution in [2.24, 2.45) is 0 Å². The van der Waals surface area contributed by atoms with Crippen LogP contribution in [0.15, 0.2) is 66.7 Å². The van der Waals surface area contributed by atoms with Crippen molar-refractivity contribution in [3.05, 3.63) is 89.0 Å². The van der Waals surface area contributed by atoms with E-state index in [1.165, 1.54) is 6.07 Å². The molecule has 0 saturated heterocycles. The molecule has 4 rings (SSSR count). The van der Waals surface area contributed by atoms with Gasteiger partial charge in [-0.25, -0.2) is 4.79 Å². The maximum Gasteiger partial charge on any atom is 0.407 e. The third-order valence-corrected chi connectivity index (χ3v) is 5.97. The Labute approximate surface area is 198 Å². The molecule has 1 aliphatic carbocycles. The molecule has 34 heavy (non-hydrogen) atoms. The van der Waals surface area contributed by atoms with E-state index in [0.29, 0.717) is 24.2 Å². The molecule has 0 aromatic heterocycles. The number of hydrogen-bond acceptors (Lipinski definition) is 6.